The third-order valence-corrected chi connectivity index (χ3v) is 11.7. The van der Waals surface area contributed by atoms with Crippen LogP contribution in [0.15, 0.2) is 11.1 Å². The Labute approximate surface area is 201 Å². The van der Waals surface area contributed by atoms with Gasteiger partial charge in [-0.3, -0.25) is 0 Å². The summed E-state index contributed by atoms with van der Waals surface area (Å²) in [5.74, 6) is 4.46. The summed E-state index contributed by atoms with van der Waals surface area (Å²) in [6.45, 7) is 19.8. The maximum Gasteiger partial charge on any atom is 0.184 e. The predicted octanol–water partition coefficient (Wildman–Crippen LogP) is 9.39. The van der Waals surface area contributed by atoms with Crippen LogP contribution in [0.25, 0.3) is 0 Å². The monoisotopic (exact) mass is 458 g/mol. The van der Waals surface area contributed by atoms with Crippen molar-refractivity contribution in [3.8, 4) is 0 Å². The van der Waals surface area contributed by atoms with Crippen LogP contribution in [0.2, 0.25) is 19.6 Å². The Hall–Kier alpha value is -0.0831. The van der Waals surface area contributed by atoms with Gasteiger partial charge in [-0.05, 0) is 118 Å². The Morgan fingerprint density at radius 2 is 1.69 bits per heavy atom. The van der Waals surface area contributed by atoms with Crippen LogP contribution in [0.5, 0.6) is 0 Å². The number of allylic oxidation sites excluding steroid dienone is 2. The van der Waals surface area contributed by atoms with Crippen LogP contribution in [0.1, 0.15) is 112 Å². The number of hydrogen-bond acceptors (Lipinski definition) is 1. The SMILES string of the molecule is CC(C)CCCC(C)C1CCC2=C3CCC4CC(O[Si](C)(C)C)CCC4(C)C3CCC21C. The zero-order valence-electron chi connectivity index (χ0n) is 22.9. The summed E-state index contributed by atoms with van der Waals surface area (Å²) < 4.78 is 6.61. The van der Waals surface area contributed by atoms with Crippen molar-refractivity contribution in [1.29, 1.82) is 0 Å². The zero-order valence-corrected chi connectivity index (χ0v) is 23.9. The minimum atomic E-state index is -1.43. The van der Waals surface area contributed by atoms with Gasteiger partial charge in [-0.1, -0.05) is 65.0 Å². The molecule has 0 N–H and O–H groups in total. The van der Waals surface area contributed by atoms with Gasteiger partial charge < -0.3 is 4.43 Å². The van der Waals surface area contributed by atoms with Crippen molar-refractivity contribution in [3.05, 3.63) is 11.1 Å². The quantitative estimate of drug-likeness (QED) is 0.273. The molecule has 1 nitrogen and oxygen atoms in total. The molecule has 0 bridgehead atoms. The fourth-order valence-electron chi connectivity index (χ4n) is 9.06. The van der Waals surface area contributed by atoms with Crippen molar-refractivity contribution >= 4 is 8.32 Å². The van der Waals surface area contributed by atoms with E-state index in [1.54, 1.807) is 0 Å². The number of fused-ring (bicyclic) bond motifs is 4. The van der Waals surface area contributed by atoms with Gasteiger partial charge in [0.15, 0.2) is 8.32 Å². The third kappa shape index (κ3) is 4.71. The minimum Gasteiger partial charge on any atom is -0.415 e. The van der Waals surface area contributed by atoms with Gasteiger partial charge in [0.05, 0.1) is 0 Å². The smallest absolute Gasteiger partial charge is 0.184 e. The van der Waals surface area contributed by atoms with Crippen molar-refractivity contribution in [2.24, 2.45) is 40.4 Å². The van der Waals surface area contributed by atoms with E-state index in [1.807, 2.05) is 11.1 Å². The second-order valence-electron chi connectivity index (χ2n) is 14.3. The van der Waals surface area contributed by atoms with Gasteiger partial charge in [0, 0.05) is 6.10 Å². The van der Waals surface area contributed by atoms with E-state index in [-0.39, 0.29) is 0 Å². The topological polar surface area (TPSA) is 9.23 Å². The summed E-state index contributed by atoms with van der Waals surface area (Å²) in [6.07, 6.45) is 17.5. The Kier molecular flexibility index (Phi) is 7.17. The molecule has 0 amide bonds. The van der Waals surface area contributed by atoms with Crippen molar-refractivity contribution in [3.63, 3.8) is 0 Å². The predicted molar refractivity (Wildman–Crippen MR) is 141 cm³/mol. The molecule has 4 rings (SSSR count). The lowest BCUT2D eigenvalue weighted by atomic mass is 9.49. The van der Waals surface area contributed by atoms with Crippen molar-refractivity contribution in [2.45, 2.75) is 137 Å². The molecule has 4 aliphatic rings. The number of rotatable bonds is 7. The lowest BCUT2D eigenvalue weighted by Gasteiger charge is -2.57. The Bertz CT molecular complexity index is 702. The van der Waals surface area contributed by atoms with Crippen LogP contribution < -0.4 is 0 Å². The maximum absolute atomic E-state index is 6.61. The van der Waals surface area contributed by atoms with E-state index < -0.39 is 8.32 Å². The first-order chi connectivity index (χ1) is 14.9. The normalized spacial score (nSPS) is 40.8. The fraction of sp³-hybridized carbons (Fsp3) is 0.933. The molecule has 3 fully saturated rings. The van der Waals surface area contributed by atoms with Crippen LogP contribution in [0.3, 0.4) is 0 Å². The Morgan fingerprint density at radius 1 is 0.938 bits per heavy atom. The van der Waals surface area contributed by atoms with Gasteiger partial charge in [0.25, 0.3) is 0 Å². The molecule has 7 unspecified atom stereocenters. The van der Waals surface area contributed by atoms with E-state index in [2.05, 4.69) is 54.3 Å². The zero-order chi connectivity index (χ0) is 23.3. The highest BCUT2D eigenvalue weighted by Crippen LogP contribution is 2.66. The second-order valence-corrected chi connectivity index (χ2v) is 18.8. The molecule has 0 aromatic rings. The first-order valence-corrected chi connectivity index (χ1v) is 17.7. The van der Waals surface area contributed by atoms with Gasteiger partial charge >= 0.3 is 0 Å². The number of hydrogen-bond donors (Lipinski definition) is 0. The Balaban J connectivity index is 1.49. The summed E-state index contributed by atoms with van der Waals surface area (Å²) in [5, 5.41) is 0. The highest BCUT2D eigenvalue weighted by Gasteiger charge is 2.55. The molecule has 3 saturated carbocycles. The van der Waals surface area contributed by atoms with Crippen LogP contribution in [0.4, 0.5) is 0 Å². The molecule has 4 aliphatic carbocycles. The molecule has 0 aromatic heterocycles. The average Bonchev–Trinajstić information content (AvgIpc) is 3.04. The standard InChI is InChI=1S/C30H54OSi/c1-21(2)10-9-11-22(3)26-14-15-27-25-13-12-23-20-24(31-32(6,7)8)16-18-29(23,4)28(25)17-19-30(26,27)5/h21-24,26,28H,9-20H2,1-8H3. The van der Waals surface area contributed by atoms with E-state index in [0.29, 0.717) is 16.9 Å². The first-order valence-electron chi connectivity index (χ1n) is 14.3. The first kappa shape index (κ1) is 25.0. The van der Waals surface area contributed by atoms with E-state index in [9.17, 15) is 0 Å². The van der Waals surface area contributed by atoms with Crippen molar-refractivity contribution in [1.82, 2.24) is 0 Å². The van der Waals surface area contributed by atoms with Gasteiger partial charge in [-0.15, -0.1) is 0 Å². The highest BCUT2D eigenvalue weighted by atomic mass is 28.4. The Morgan fingerprint density at radius 3 is 2.38 bits per heavy atom. The van der Waals surface area contributed by atoms with E-state index in [4.69, 9.17) is 4.43 Å². The maximum atomic E-state index is 6.61. The van der Waals surface area contributed by atoms with Gasteiger partial charge in [-0.25, -0.2) is 0 Å². The average molecular weight is 459 g/mol. The molecular weight excluding hydrogens is 404 g/mol. The molecule has 7 atom stereocenters. The van der Waals surface area contributed by atoms with Gasteiger partial charge in [-0.2, -0.15) is 0 Å². The van der Waals surface area contributed by atoms with E-state index >= 15 is 0 Å². The molecule has 0 aliphatic heterocycles. The largest absolute Gasteiger partial charge is 0.415 e. The van der Waals surface area contributed by atoms with Crippen LogP contribution >= 0.6 is 0 Å². The minimum absolute atomic E-state index is 0.518. The summed E-state index contributed by atoms with van der Waals surface area (Å²) in [5.41, 5.74) is 5.00. The van der Waals surface area contributed by atoms with Gasteiger partial charge in [0.2, 0.25) is 0 Å². The van der Waals surface area contributed by atoms with Crippen LogP contribution in [-0.4, -0.2) is 14.4 Å². The molecule has 0 heterocycles. The molecule has 0 spiro atoms. The molecule has 184 valence electrons. The summed E-state index contributed by atoms with van der Waals surface area (Å²) in [7, 11) is -1.43. The van der Waals surface area contributed by atoms with Crippen molar-refractivity contribution < 1.29 is 4.43 Å². The summed E-state index contributed by atoms with van der Waals surface area (Å²) >= 11 is 0. The van der Waals surface area contributed by atoms with Crippen LogP contribution in [0, 0.1) is 40.4 Å². The van der Waals surface area contributed by atoms with Crippen LogP contribution in [-0.2, 0) is 4.43 Å². The molecule has 32 heavy (non-hydrogen) atoms. The molecule has 0 saturated heterocycles. The second kappa shape index (κ2) is 9.18. The highest BCUT2D eigenvalue weighted by molar-refractivity contribution is 6.69. The lowest BCUT2D eigenvalue weighted by Crippen LogP contribution is -2.49. The van der Waals surface area contributed by atoms with Crippen molar-refractivity contribution in [2.75, 3.05) is 0 Å². The molecule has 0 radical (unpaired) electrons. The summed E-state index contributed by atoms with van der Waals surface area (Å²) in [6, 6.07) is 0. The van der Waals surface area contributed by atoms with E-state index in [0.717, 1.165) is 29.6 Å². The summed E-state index contributed by atoms with van der Waals surface area (Å²) in [4.78, 5) is 0. The third-order valence-electron chi connectivity index (χ3n) is 10.7. The van der Waals surface area contributed by atoms with Gasteiger partial charge in [0.1, 0.15) is 0 Å². The van der Waals surface area contributed by atoms with E-state index in [1.165, 1.54) is 77.0 Å². The molecular formula is C30H54OSi. The molecule has 0 aromatic carbocycles. The fourth-order valence-corrected chi connectivity index (χ4v) is 10.3. The lowest BCUT2D eigenvalue weighted by molar-refractivity contribution is -0.0328. The molecule has 2 heteroatoms.